The molecule has 0 bridgehead atoms. The minimum absolute atomic E-state index is 0.0223. The van der Waals surface area contributed by atoms with Crippen molar-refractivity contribution >= 4 is 32.9 Å². The van der Waals surface area contributed by atoms with E-state index in [9.17, 15) is 9.59 Å². The van der Waals surface area contributed by atoms with Crippen LogP contribution in [0.4, 0.5) is 4.79 Å². The Bertz CT molecular complexity index is 864. The first-order valence-corrected chi connectivity index (χ1v) is 9.65. The number of carbonyl (C=O) groups excluding carboxylic acids is 1. The van der Waals surface area contributed by atoms with E-state index >= 15 is 0 Å². The lowest BCUT2D eigenvalue weighted by Gasteiger charge is -2.33. The lowest BCUT2D eigenvalue weighted by molar-refractivity contribution is 0.0178. The van der Waals surface area contributed by atoms with Gasteiger partial charge >= 0.3 is 6.09 Å². The molecule has 0 radical (unpaired) electrons. The average Bonchev–Trinajstić information content (AvgIpc) is 2.57. The number of halogens is 1. The van der Waals surface area contributed by atoms with E-state index in [-0.39, 0.29) is 11.7 Å². The number of carbonyl (C=O) groups is 1. The minimum atomic E-state index is -0.480. The van der Waals surface area contributed by atoms with Gasteiger partial charge in [-0.25, -0.2) is 9.78 Å². The first-order valence-electron chi connectivity index (χ1n) is 8.85. The first-order chi connectivity index (χ1) is 12.2. The van der Waals surface area contributed by atoms with Crippen molar-refractivity contribution < 1.29 is 9.53 Å². The van der Waals surface area contributed by atoms with Crippen LogP contribution in [-0.2, 0) is 11.3 Å². The Morgan fingerprint density at radius 2 is 2.00 bits per heavy atom. The second-order valence-electron chi connectivity index (χ2n) is 7.77. The van der Waals surface area contributed by atoms with E-state index in [0.717, 1.165) is 17.3 Å². The summed E-state index contributed by atoms with van der Waals surface area (Å²) >= 11 is 3.41. The predicted molar refractivity (Wildman–Crippen MR) is 104 cm³/mol. The zero-order valence-corrected chi connectivity index (χ0v) is 17.0. The predicted octanol–water partition coefficient (Wildman–Crippen LogP) is 3.81. The van der Waals surface area contributed by atoms with Crippen LogP contribution >= 0.6 is 15.9 Å². The zero-order chi connectivity index (χ0) is 18.9. The Labute approximate surface area is 161 Å². The fraction of sp³-hybridized carbons (Fsp3) is 0.526. The molecule has 0 saturated carbocycles. The molecule has 0 N–H and O–H groups in total. The molecule has 1 saturated heterocycles. The van der Waals surface area contributed by atoms with Crippen LogP contribution in [0.1, 0.15) is 33.6 Å². The Hall–Kier alpha value is -1.89. The highest BCUT2D eigenvalue weighted by atomic mass is 79.9. The number of nitrogens with zero attached hydrogens (tertiary/aromatic N) is 3. The molecule has 7 heteroatoms. The summed E-state index contributed by atoms with van der Waals surface area (Å²) in [6.45, 7) is 7.54. The van der Waals surface area contributed by atoms with Crippen molar-refractivity contribution in [3.63, 3.8) is 0 Å². The number of benzene rings is 1. The first kappa shape index (κ1) is 18.9. The normalized spacial score (nSPS) is 16.1. The highest BCUT2D eigenvalue weighted by molar-refractivity contribution is 9.10. The molecular formula is C19H24BrN3O3. The Morgan fingerprint density at radius 3 is 2.65 bits per heavy atom. The van der Waals surface area contributed by atoms with Crippen molar-refractivity contribution in [2.75, 3.05) is 13.1 Å². The number of ether oxygens (including phenoxy) is 1. The molecule has 0 atom stereocenters. The lowest BCUT2D eigenvalue weighted by Crippen LogP contribution is -2.42. The second kappa shape index (κ2) is 7.39. The van der Waals surface area contributed by atoms with Gasteiger partial charge in [0.1, 0.15) is 5.60 Å². The van der Waals surface area contributed by atoms with Crippen LogP contribution in [0, 0.1) is 5.92 Å². The summed E-state index contributed by atoms with van der Waals surface area (Å²) in [6.07, 6.45) is 3.06. The third-order valence-corrected chi connectivity index (χ3v) is 5.00. The highest BCUT2D eigenvalue weighted by Crippen LogP contribution is 2.21. The van der Waals surface area contributed by atoms with Crippen LogP contribution in [0.25, 0.3) is 10.9 Å². The molecule has 1 aromatic heterocycles. The summed E-state index contributed by atoms with van der Waals surface area (Å²) in [6, 6.07) is 5.53. The quantitative estimate of drug-likeness (QED) is 0.739. The van der Waals surface area contributed by atoms with Crippen molar-refractivity contribution in [2.24, 2.45) is 5.92 Å². The van der Waals surface area contributed by atoms with E-state index in [1.807, 2.05) is 39.0 Å². The summed E-state index contributed by atoms with van der Waals surface area (Å²) in [7, 11) is 0. The molecular weight excluding hydrogens is 398 g/mol. The standard InChI is InChI=1S/C19H24BrN3O3/c1-19(2,3)26-18(25)22-8-6-13(7-9-22)11-23-12-21-16-5-4-14(20)10-15(16)17(23)24/h4-5,10,12-13H,6-9,11H2,1-3H3. The summed E-state index contributed by atoms with van der Waals surface area (Å²) in [5, 5.41) is 0.619. The summed E-state index contributed by atoms with van der Waals surface area (Å²) in [4.78, 5) is 31.0. The van der Waals surface area contributed by atoms with E-state index < -0.39 is 5.60 Å². The Morgan fingerprint density at radius 1 is 1.31 bits per heavy atom. The van der Waals surface area contributed by atoms with Crippen LogP contribution in [0.3, 0.4) is 0 Å². The van der Waals surface area contributed by atoms with Gasteiger partial charge in [0.25, 0.3) is 5.56 Å². The van der Waals surface area contributed by atoms with Gasteiger partial charge in [-0.15, -0.1) is 0 Å². The Balaban J connectivity index is 1.65. The SMILES string of the molecule is CC(C)(C)OC(=O)N1CCC(Cn2cnc3ccc(Br)cc3c2=O)CC1. The van der Waals surface area contributed by atoms with Crippen LogP contribution in [0.5, 0.6) is 0 Å². The van der Waals surface area contributed by atoms with Crippen molar-refractivity contribution in [1.29, 1.82) is 0 Å². The van der Waals surface area contributed by atoms with E-state index in [1.165, 1.54) is 0 Å². The molecule has 2 heterocycles. The van der Waals surface area contributed by atoms with Gasteiger partial charge in [0.2, 0.25) is 0 Å². The van der Waals surface area contributed by atoms with Gasteiger partial charge in [-0.2, -0.15) is 0 Å². The monoisotopic (exact) mass is 421 g/mol. The fourth-order valence-corrected chi connectivity index (χ4v) is 3.53. The van der Waals surface area contributed by atoms with E-state index in [0.29, 0.717) is 36.5 Å². The molecule has 0 spiro atoms. The van der Waals surface area contributed by atoms with Crippen molar-refractivity contribution in [3.8, 4) is 0 Å². The van der Waals surface area contributed by atoms with Crippen molar-refractivity contribution in [3.05, 3.63) is 39.4 Å². The van der Waals surface area contributed by atoms with Crippen LogP contribution in [0.2, 0.25) is 0 Å². The van der Waals surface area contributed by atoms with E-state index in [1.54, 1.807) is 15.8 Å². The van der Waals surface area contributed by atoms with Crippen LogP contribution < -0.4 is 5.56 Å². The number of hydrogen-bond donors (Lipinski definition) is 0. The van der Waals surface area contributed by atoms with Gasteiger partial charge in [-0.1, -0.05) is 15.9 Å². The molecule has 1 amide bonds. The molecule has 1 aliphatic heterocycles. The third-order valence-electron chi connectivity index (χ3n) is 4.51. The van der Waals surface area contributed by atoms with Gasteiger partial charge < -0.3 is 9.64 Å². The van der Waals surface area contributed by atoms with E-state index in [2.05, 4.69) is 20.9 Å². The number of amides is 1. The summed E-state index contributed by atoms with van der Waals surface area (Å²) in [5.41, 5.74) is 0.201. The van der Waals surface area contributed by atoms with Gasteiger partial charge in [-0.05, 0) is 57.7 Å². The largest absolute Gasteiger partial charge is 0.444 e. The molecule has 2 aromatic rings. The molecule has 26 heavy (non-hydrogen) atoms. The molecule has 140 valence electrons. The van der Waals surface area contributed by atoms with E-state index in [4.69, 9.17) is 4.74 Å². The Kier molecular flexibility index (Phi) is 5.37. The minimum Gasteiger partial charge on any atom is -0.444 e. The van der Waals surface area contributed by atoms with Gasteiger partial charge in [-0.3, -0.25) is 9.36 Å². The van der Waals surface area contributed by atoms with Gasteiger partial charge in [0, 0.05) is 24.1 Å². The maximum atomic E-state index is 12.7. The third kappa shape index (κ3) is 4.44. The van der Waals surface area contributed by atoms with Gasteiger partial charge in [0.05, 0.1) is 17.2 Å². The smallest absolute Gasteiger partial charge is 0.410 e. The number of likely N-dealkylation sites (tertiary alicyclic amines) is 1. The molecule has 1 aliphatic rings. The van der Waals surface area contributed by atoms with Crippen molar-refractivity contribution in [2.45, 2.75) is 45.8 Å². The number of piperidine rings is 1. The summed E-state index contributed by atoms with van der Waals surface area (Å²) < 4.78 is 7.98. The number of fused-ring (bicyclic) bond motifs is 1. The topological polar surface area (TPSA) is 64.4 Å². The molecule has 1 aromatic carbocycles. The van der Waals surface area contributed by atoms with Crippen molar-refractivity contribution in [1.82, 2.24) is 14.5 Å². The maximum Gasteiger partial charge on any atom is 0.410 e. The number of aromatic nitrogens is 2. The zero-order valence-electron chi connectivity index (χ0n) is 15.4. The number of rotatable bonds is 2. The van der Waals surface area contributed by atoms with Gasteiger partial charge in [0.15, 0.2) is 0 Å². The molecule has 0 unspecified atom stereocenters. The fourth-order valence-electron chi connectivity index (χ4n) is 3.16. The second-order valence-corrected chi connectivity index (χ2v) is 8.69. The summed E-state index contributed by atoms with van der Waals surface area (Å²) in [5.74, 6) is 0.345. The lowest BCUT2D eigenvalue weighted by atomic mass is 9.97. The highest BCUT2D eigenvalue weighted by Gasteiger charge is 2.27. The number of hydrogen-bond acceptors (Lipinski definition) is 4. The molecule has 6 nitrogen and oxygen atoms in total. The molecule has 3 rings (SSSR count). The maximum absolute atomic E-state index is 12.7. The molecule has 1 fully saturated rings. The van der Waals surface area contributed by atoms with Crippen LogP contribution in [0.15, 0.2) is 33.8 Å². The molecule has 0 aliphatic carbocycles. The average molecular weight is 422 g/mol. The van der Waals surface area contributed by atoms with Crippen LogP contribution in [-0.4, -0.2) is 39.2 Å².